The molecule has 0 radical (unpaired) electrons. The van der Waals surface area contributed by atoms with Gasteiger partial charge in [0.25, 0.3) is 0 Å². The van der Waals surface area contributed by atoms with Gasteiger partial charge in [0.1, 0.15) is 0 Å². The Hall–Kier alpha value is -0.290. The molecule has 4 nitrogen and oxygen atoms in total. The number of halogens is 2. The number of hydrogen-bond acceptors (Lipinski definition) is 2. The molecule has 0 fully saturated rings. The first kappa shape index (κ1) is 17.7. The van der Waals surface area contributed by atoms with Crippen LogP contribution in [0.25, 0.3) is 0 Å². The molecule has 74 valence electrons. The fraction of sp³-hybridized carbons (Fsp3) is 0.500. The molecule has 4 N–H and O–H groups in total. The molecule has 12 heavy (non-hydrogen) atoms. The van der Waals surface area contributed by atoms with Crippen molar-refractivity contribution in [2.75, 3.05) is 6.54 Å². The van der Waals surface area contributed by atoms with Gasteiger partial charge < -0.3 is 15.8 Å². The molecular formula is C6H15Cl2N3O. The van der Waals surface area contributed by atoms with Crippen molar-refractivity contribution in [3.63, 3.8) is 0 Å². The van der Waals surface area contributed by atoms with Crippen molar-refractivity contribution in [1.82, 2.24) is 9.55 Å². The first-order chi connectivity index (χ1) is 4.43. The predicted octanol–water partition coefficient (Wildman–Crippen LogP) is 0.251. The minimum atomic E-state index is 0. The van der Waals surface area contributed by atoms with Gasteiger partial charge in [0.2, 0.25) is 0 Å². The third-order valence-electron chi connectivity index (χ3n) is 1.18. The van der Waals surface area contributed by atoms with Crippen LogP contribution in [0.2, 0.25) is 0 Å². The lowest BCUT2D eigenvalue weighted by atomic mass is 10.4. The topological polar surface area (TPSA) is 75.3 Å². The molecule has 0 aromatic carbocycles. The number of rotatable bonds is 3. The molecular weight excluding hydrogens is 201 g/mol. The number of hydrogen-bond donors (Lipinski definition) is 1. The van der Waals surface area contributed by atoms with E-state index in [1.165, 1.54) is 0 Å². The zero-order chi connectivity index (χ0) is 6.53. The van der Waals surface area contributed by atoms with E-state index in [0.29, 0.717) is 0 Å². The summed E-state index contributed by atoms with van der Waals surface area (Å²) >= 11 is 0. The molecule has 0 aliphatic rings. The first-order valence-electron chi connectivity index (χ1n) is 3.09. The van der Waals surface area contributed by atoms with Gasteiger partial charge in [0.15, 0.2) is 0 Å². The van der Waals surface area contributed by atoms with Gasteiger partial charge in [-0.15, -0.1) is 24.8 Å². The maximum absolute atomic E-state index is 5.31. The Morgan fingerprint density at radius 3 is 2.42 bits per heavy atom. The van der Waals surface area contributed by atoms with Gasteiger partial charge in [-0.05, 0) is 13.0 Å². The van der Waals surface area contributed by atoms with Crippen LogP contribution in [-0.4, -0.2) is 21.6 Å². The highest BCUT2D eigenvalue weighted by Gasteiger charge is 1.85. The SMILES string of the molecule is Cl.Cl.NCCCn1ccnc1.O. The van der Waals surface area contributed by atoms with E-state index in [0.717, 1.165) is 19.5 Å². The summed E-state index contributed by atoms with van der Waals surface area (Å²) in [5, 5.41) is 0. The van der Waals surface area contributed by atoms with Crippen molar-refractivity contribution in [2.24, 2.45) is 5.73 Å². The summed E-state index contributed by atoms with van der Waals surface area (Å²) < 4.78 is 2.02. The second-order valence-corrected chi connectivity index (χ2v) is 1.94. The van der Waals surface area contributed by atoms with Crippen molar-refractivity contribution >= 4 is 24.8 Å². The average Bonchev–Trinajstić information content (AvgIpc) is 2.34. The van der Waals surface area contributed by atoms with Crippen LogP contribution in [0.15, 0.2) is 18.7 Å². The number of nitrogens with zero attached hydrogens (tertiary/aromatic N) is 2. The molecule has 1 rings (SSSR count). The molecule has 0 amide bonds. The fourth-order valence-corrected chi connectivity index (χ4v) is 0.693. The van der Waals surface area contributed by atoms with Crippen molar-refractivity contribution in [2.45, 2.75) is 13.0 Å². The van der Waals surface area contributed by atoms with Gasteiger partial charge in [-0.3, -0.25) is 0 Å². The van der Waals surface area contributed by atoms with Crippen molar-refractivity contribution in [3.8, 4) is 0 Å². The average molecular weight is 216 g/mol. The highest BCUT2D eigenvalue weighted by molar-refractivity contribution is 5.85. The third-order valence-corrected chi connectivity index (χ3v) is 1.18. The molecule has 0 saturated heterocycles. The molecule has 0 aliphatic heterocycles. The van der Waals surface area contributed by atoms with E-state index >= 15 is 0 Å². The summed E-state index contributed by atoms with van der Waals surface area (Å²) in [6, 6.07) is 0. The number of imidazole rings is 1. The van der Waals surface area contributed by atoms with Gasteiger partial charge in [0.05, 0.1) is 6.33 Å². The number of nitrogens with two attached hydrogens (primary N) is 1. The summed E-state index contributed by atoms with van der Waals surface area (Å²) in [5.41, 5.74) is 5.31. The van der Waals surface area contributed by atoms with Gasteiger partial charge >= 0.3 is 0 Å². The summed E-state index contributed by atoms with van der Waals surface area (Å²) in [6.45, 7) is 1.73. The van der Waals surface area contributed by atoms with Crippen molar-refractivity contribution < 1.29 is 5.48 Å². The van der Waals surface area contributed by atoms with Gasteiger partial charge in [-0.2, -0.15) is 0 Å². The van der Waals surface area contributed by atoms with E-state index in [4.69, 9.17) is 5.73 Å². The highest BCUT2D eigenvalue weighted by Crippen LogP contribution is 1.87. The quantitative estimate of drug-likeness (QED) is 0.786. The molecule has 0 atom stereocenters. The van der Waals surface area contributed by atoms with E-state index in [1.807, 2.05) is 10.8 Å². The van der Waals surface area contributed by atoms with E-state index in [1.54, 1.807) is 12.5 Å². The summed E-state index contributed by atoms with van der Waals surface area (Å²) in [5.74, 6) is 0. The Balaban J connectivity index is -0.000000270. The molecule has 6 heteroatoms. The van der Waals surface area contributed by atoms with Crippen LogP contribution in [0.1, 0.15) is 6.42 Å². The fourth-order valence-electron chi connectivity index (χ4n) is 0.693. The Morgan fingerprint density at radius 1 is 1.33 bits per heavy atom. The van der Waals surface area contributed by atoms with Crippen LogP contribution in [-0.2, 0) is 6.54 Å². The van der Waals surface area contributed by atoms with Crippen molar-refractivity contribution in [1.29, 1.82) is 0 Å². The minimum absolute atomic E-state index is 0. The maximum Gasteiger partial charge on any atom is 0.0945 e. The lowest BCUT2D eigenvalue weighted by Crippen LogP contribution is -2.03. The monoisotopic (exact) mass is 215 g/mol. The summed E-state index contributed by atoms with van der Waals surface area (Å²) in [7, 11) is 0. The van der Waals surface area contributed by atoms with Gasteiger partial charge in [0, 0.05) is 18.9 Å². The summed E-state index contributed by atoms with van der Waals surface area (Å²) in [6.07, 6.45) is 6.54. The van der Waals surface area contributed by atoms with E-state index in [-0.39, 0.29) is 30.3 Å². The Morgan fingerprint density at radius 2 is 2.00 bits per heavy atom. The third kappa shape index (κ3) is 6.42. The standard InChI is InChI=1S/C6H11N3.2ClH.H2O/c7-2-1-4-9-5-3-8-6-9;;;/h3,5-6H,1-2,4,7H2;2*1H;1H2. The Kier molecular flexibility index (Phi) is 15.8. The predicted molar refractivity (Wildman–Crippen MR) is 54.0 cm³/mol. The lowest BCUT2D eigenvalue weighted by Gasteiger charge is -1.96. The lowest BCUT2D eigenvalue weighted by molar-refractivity contribution is 0.650. The molecule has 0 aliphatic carbocycles. The van der Waals surface area contributed by atoms with Crippen LogP contribution in [0.3, 0.4) is 0 Å². The molecule has 0 unspecified atom stereocenters. The molecule has 1 aromatic heterocycles. The second kappa shape index (κ2) is 10.7. The molecule has 1 aromatic rings. The molecule has 0 saturated carbocycles. The maximum atomic E-state index is 5.31. The van der Waals surface area contributed by atoms with Crippen LogP contribution >= 0.6 is 24.8 Å². The van der Waals surface area contributed by atoms with Crippen LogP contribution in [0.5, 0.6) is 0 Å². The van der Waals surface area contributed by atoms with E-state index in [9.17, 15) is 0 Å². The second-order valence-electron chi connectivity index (χ2n) is 1.94. The Labute approximate surface area is 84.3 Å². The smallest absolute Gasteiger partial charge is 0.0945 e. The first-order valence-corrected chi connectivity index (χ1v) is 3.09. The minimum Gasteiger partial charge on any atom is -0.412 e. The number of aryl methyl sites for hydroxylation is 1. The zero-order valence-corrected chi connectivity index (χ0v) is 8.27. The largest absolute Gasteiger partial charge is 0.412 e. The molecule has 0 bridgehead atoms. The van der Waals surface area contributed by atoms with Crippen molar-refractivity contribution in [3.05, 3.63) is 18.7 Å². The Bertz CT molecular complexity index is 158. The van der Waals surface area contributed by atoms with Crippen LogP contribution in [0, 0.1) is 0 Å². The normalized spacial score (nSPS) is 7.42. The number of aromatic nitrogens is 2. The van der Waals surface area contributed by atoms with E-state index < -0.39 is 0 Å². The van der Waals surface area contributed by atoms with Gasteiger partial charge in [-0.1, -0.05) is 0 Å². The van der Waals surface area contributed by atoms with E-state index in [2.05, 4.69) is 4.98 Å². The summed E-state index contributed by atoms with van der Waals surface area (Å²) in [4.78, 5) is 3.90. The van der Waals surface area contributed by atoms with Gasteiger partial charge in [-0.25, -0.2) is 4.98 Å². The highest BCUT2D eigenvalue weighted by atomic mass is 35.5. The molecule has 1 heterocycles. The zero-order valence-electron chi connectivity index (χ0n) is 6.64. The van der Waals surface area contributed by atoms with Crippen LogP contribution < -0.4 is 5.73 Å². The van der Waals surface area contributed by atoms with Crippen LogP contribution in [0.4, 0.5) is 0 Å². The molecule has 0 spiro atoms.